The predicted molar refractivity (Wildman–Crippen MR) is 121 cm³/mol. The summed E-state index contributed by atoms with van der Waals surface area (Å²) in [5, 5.41) is 5.49. The Morgan fingerprint density at radius 2 is 1.80 bits per heavy atom. The lowest BCUT2D eigenvalue weighted by atomic mass is 10.0. The van der Waals surface area contributed by atoms with Crippen molar-refractivity contribution < 1.29 is 9.53 Å². The summed E-state index contributed by atoms with van der Waals surface area (Å²) in [5.41, 5.74) is 2.04. The number of nitrogens with one attached hydrogen (secondary N) is 1. The molecule has 2 unspecified atom stereocenters. The van der Waals surface area contributed by atoms with Gasteiger partial charge in [-0.05, 0) is 80.6 Å². The number of carbonyl (C=O) groups excluding carboxylic acids is 1. The van der Waals surface area contributed by atoms with Crippen molar-refractivity contribution in [2.75, 3.05) is 37.7 Å². The molecule has 0 spiro atoms. The molecule has 30 heavy (non-hydrogen) atoms. The number of carbonyl (C=O) groups is 1. The molecule has 3 saturated heterocycles. The highest BCUT2D eigenvalue weighted by atomic mass is 16.5. The Labute approximate surface area is 179 Å². The zero-order valence-electron chi connectivity index (χ0n) is 18.0. The van der Waals surface area contributed by atoms with E-state index in [0.717, 1.165) is 56.1 Å². The maximum atomic E-state index is 12.7. The van der Waals surface area contributed by atoms with Crippen molar-refractivity contribution in [3.05, 3.63) is 42.0 Å². The normalized spacial score (nSPS) is 25.8. The number of rotatable bonds is 4. The number of benzene rings is 2. The second-order valence-corrected chi connectivity index (χ2v) is 9.22. The van der Waals surface area contributed by atoms with Crippen molar-refractivity contribution in [1.29, 1.82) is 0 Å². The van der Waals surface area contributed by atoms with Crippen molar-refractivity contribution in [3.8, 4) is 0 Å². The Kier molecular flexibility index (Phi) is 5.66. The topological polar surface area (TPSA) is 44.8 Å². The maximum absolute atomic E-state index is 12.7. The van der Waals surface area contributed by atoms with Gasteiger partial charge in [-0.3, -0.25) is 9.69 Å². The molecule has 5 nitrogen and oxygen atoms in total. The first-order valence-electron chi connectivity index (χ1n) is 11.6. The number of amides is 1. The summed E-state index contributed by atoms with van der Waals surface area (Å²) in [4.78, 5) is 17.9. The van der Waals surface area contributed by atoms with Crippen molar-refractivity contribution >= 4 is 22.4 Å². The molecule has 3 aliphatic heterocycles. The van der Waals surface area contributed by atoms with E-state index in [0.29, 0.717) is 6.04 Å². The number of anilines is 1. The lowest BCUT2D eigenvalue weighted by Gasteiger charge is -2.28. The quantitative estimate of drug-likeness (QED) is 0.837. The minimum Gasteiger partial charge on any atom is -0.381 e. The van der Waals surface area contributed by atoms with Crippen molar-refractivity contribution in [2.45, 2.75) is 57.2 Å². The van der Waals surface area contributed by atoms with Gasteiger partial charge in [-0.1, -0.05) is 12.1 Å². The predicted octanol–water partition coefficient (Wildman–Crippen LogP) is 3.81. The van der Waals surface area contributed by atoms with Crippen LogP contribution in [0, 0.1) is 0 Å². The van der Waals surface area contributed by atoms with E-state index in [1.54, 1.807) is 0 Å². The number of hydrogen-bond donors (Lipinski definition) is 1. The van der Waals surface area contributed by atoms with Crippen molar-refractivity contribution in [3.63, 3.8) is 0 Å². The summed E-state index contributed by atoms with van der Waals surface area (Å²) in [6.45, 7) is 7.36. The van der Waals surface area contributed by atoms with Crippen LogP contribution in [-0.2, 0) is 4.74 Å². The van der Waals surface area contributed by atoms with Crippen LogP contribution in [0.25, 0.3) is 10.8 Å². The van der Waals surface area contributed by atoms with Crippen LogP contribution >= 0.6 is 0 Å². The van der Waals surface area contributed by atoms with Crippen LogP contribution in [0.15, 0.2) is 36.4 Å². The Balaban J connectivity index is 1.27. The zero-order valence-corrected chi connectivity index (χ0v) is 18.0. The highest BCUT2D eigenvalue weighted by Gasteiger charge is 2.32. The van der Waals surface area contributed by atoms with Crippen LogP contribution in [0.2, 0.25) is 0 Å². The molecule has 2 atom stereocenters. The van der Waals surface area contributed by atoms with Crippen molar-refractivity contribution in [1.82, 2.24) is 10.2 Å². The fourth-order valence-electron chi connectivity index (χ4n) is 5.43. The first-order valence-corrected chi connectivity index (χ1v) is 11.6. The van der Waals surface area contributed by atoms with Crippen LogP contribution in [-0.4, -0.2) is 61.8 Å². The van der Waals surface area contributed by atoms with Gasteiger partial charge in [-0.15, -0.1) is 0 Å². The minimum atomic E-state index is 0.0231. The van der Waals surface area contributed by atoms with E-state index in [1.807, 2.05) is 12.1 Å². The number of hydrogen-bond acceptors (Lipinski definition) is 4. The molecule has 3 aliphatic rings. The van der Waals surface area contributed by atoms with Crippen LogP contribution in [0.5, 0.6) is 0 Å². The largest absolute Gasteiger partial charge is 0.381 e. The summed E-state index contributed by atoms with van der Waals surface area (Å²) < 4.78 is 5.38. The average molecular weight is 408 g/mol. The van der Waals surface area contributed by atoms with Gasteiger partial charge < -0.3 is 15.0 Å². The fourth-order valence-corrected chi connectivity index (χ4v) is 5.43. The molecule has 0 aliphatic carbocycles. The van der Waals surface area contributed by atoms with Crippen LogP contribution in [0.3, 0.4) is 0 Å². The molecule has 5 heteroatoms. The van der Waals surface area contributed by atoms with Crippen LogP contribution in [0.1, 0.15) is 49.4 Å². The highest BCUT2D eigenvalue weighted by Crippen LogP contribution is 2.30. The SMILES string of the molecule is CC1CCCN1C1CCN(c2ccc3cc(C(=O)NC4CCOCC4)ccc3c2)C1. The number of fused-ring (bicyclic) bond motifs is 1. The van der Waals surface area contributed by atoms with Crippen molar-refractivity contribution in [2.24, 2.45) is 0 Å². The molecule has 160 valence electrons. The smallest absolute Gasteiger partial charge is 0.251 e. The molecule has 0 aromatic heterocycles. The number of ether oxygens (including phenoxy) is 1. The second-order valence-electron chi connectivity index (χ2n) is 9.22. The van der Waals surface area contributed by atoms with Crippen LogP contribution < -0.4 is 10.2 Å². The second kappa shape index (κ2) is 8.56. The molecule has 2 aromatic rings. The van der Waals surface area contributed by atoms with Gasteiger partial charge in [0.05, 0.1) is 0 Å². The standard InChI is InChI=1S/C25H33N3O2/c1-18-3-2-11-28(18)24-8-12-27(17-24)23-7-6-19-15-21(5-4-20(19)16-23)25(29)26-22-9-13-30-14-10-22/h4-7,15-16,18,22,24H,2-3,8-14,17H2,1H3,(H,26,29). The molecule has 0 bridgehead atoms. The van der Waals surface area contributed by atoms with Gasteiger partial charge in [0.15, 0.2) is 0 Å². The Morgan fingerprint density at radius 3 is 2.60 bits per heavy atom. The average Bonchev–Trinajstić information content (AvgIpc) is 3.42. The molecule has 5 rings (SSSR count). The molecule has 0 radical (unpaired) electrons. The first-order chi connectivity index (χ1) is 14.7. The van der Waals surface area contributed by atoms with Crippen LogP contribution in [0.4, 0.5) is 5.69 Å². The lowest BCUT2D eigenvalue weighted by Crippen LogP contribution is -2.39. The number of nitrogens with zero attached hydrogens (tertiary/aromatic N) is 2. The monoisotopic (exact) mass is 407 g/mol. The van der Waals surface area contributed by atoms with E-state index in [4.69, 9.17) is 4.74 Å². The van der Waals surface area contributed by atoms with E-state index < -0.39 is 0 Å². The third kappa shape index (κ3) is 4.06. The van der Waals surface area contributed by atoms with Gasteiger partial charge >= 0.3 is 0 Å². The Bertz CT molecular complexity index is 908. The minimum absolute atomic E-state index is 0.0231. The summed E-state index contributed by atoms with van der Waals surface area (Å²) in [7, 11) is 0. The van der Waals surface area contributed by atoms with Gasteiger partial charge in [-0.25, -0.2) is 0 Å². The molecular weight excluding hydrogens is 374 g/mol. The molecule has 3 heterocycles. The zero-order chi connectivity index (χ0) is 20.5. The Hall–Kier alpha value is -2.11. The summed E-state index contributed by atoms with van der Waals surface area (Å²) in [5.74, 6) is 0.0231. The molecule has 1 N–H and O–H groups in total. The lowest BCUT2D eigenvalue weighted by molar-refractivity contribution is 0.0696. The van der Waals surface area contributed by atoms with E-state index in [2.05, 4.69) is 46.3 Å². The summed E-state index contributed by atoms with van der Waals surface area (Å²) in [6, 6.07) is 14.4. The van der Waals surface area contributed by atoms with Gasteiger partial charge in [0, 0.05) is 55.7 Å². The van der Waals surface area contributed by atoms with E-state index in [9.17, 15) is 4.79 Å². The number of likely N-dealkylation sites (tertiary alicyclic amines) is 1. The van der Waals surface area contributed by atoms with E-state index >= 15 is 0 Å². The molecular formula is C25H33N3O2. The van der Waals surface area contributed by atoms with Gasteiger partial charge in [0.25, 0.3) is 5.91 Å². The fraction of sp³-hybridized carbons (Fsp3) is 0.560. The summed E-state index contributed by atoms with van der Waals surface area (Å²) >= 11 is 0. The summed E-state index contributed by atoms with van der Waals surface area (Å²) in [6.07, 6.45) is 5.74. The van der Waals surface area contributed by atoms with Gasteiger partial charge in [0.1, 0.15) is 0 Å². The van der Waals surface area contributed by atoms with Gasteiger partial charge in [-0.2, -0.15) is 0 Å². The molecule has 1 amide bonds. The third-order valence-corrected chi connectivity index (χ3v) is 7.24. The van der Waals surface area contributed by atoms with Gasteiger partial charge in [0.2, 0.25) is 0 Å². The van der Waals surface area contributed by atoms with E-state index in [1.165, 1.54) is 36.9 Å². The molecule has 0 saturated carbocycles. The molecule has 3 fully saturated rings. The third-order valence-electron chi connectivity index (χ3n) is 7.24. The highest BCUT2D eigenvalue weighted by molar-refractivity contribution is 5.99. The first kappa shape index (κ1) is 19.8. The maximum Gasteiger partial charge on any atom is 0.251 e. The van der Waals surface area contributed by atoms with E-state index in [-0.39, 0.29) is 11.9 Å². The Morgan fingerprint density at radius 1 is 1.00 bits per heavy atom. The molecule has 2 aromatic carbocycles.